The van der Waals surface area contributed by atoms with Crippen LogP contribution in [0.2, 0.25) is 5.02 Å². The van der Waals surface area contributed by atoms with E-state index >= 15 is 0 Å². The normalized spacial score (nSPS) is 24.8. The number of halogens is 2. The molecule has 1 aliphatic heterocycles. The number of phenols is 1. The molecule has 1 fully saturated rings. The van der Waals surface area contributed by atoms with Crippen LogP contribution in [0.15, 0.2) is 36.4 Å². The second-order valence-corrected chi connectivity index (χ2v) is 8.73. The Kier molecular flexibility index (Phi) is 7.97. The molecule has 0 aromatic heterocycles. The molecule has 33 heavy (non-hydrogen) atoms. The van der Waals surface area contributed by atoms with Gasteiger partial charge in [0.05, 0.1) is 6.10 Å². The molecule has 1 aliphatic rings. The molecule has 0 spiro atoms. The van der Waals surface area contributed by atoms with Crippen molar-refractivity contribution in [1.82, 2.24) is 0 Å². The molecule has 0 amide bonds. The Morgan fingerprint density at radius 2 is 1.76 bits per heavy atom. The molecule has 1 N–H and O–H groups in total. The fourth-order valence-corrected chi connectivity index (χ4v) is 4.47. The molecule has 3 rings (SSSR count). The van der Waals surface area contributed by atoms with Gasteiger partial charge in [0.1, 0.15) is 12.2 Å². The van der Waals surface area contributed by atoms with Gasteiger partial charge in [-0.1, -0.05) is 43.6 Å². The Hall–Kier alpha value is -2.64. The van der Waals surface area contributed by atoms with Gasteiger partial charge in [0.2, 0.25) is 0 Å². The molecule has 1 saturated heterocycles. The molecule has 1 heterocycles. The molecular weight excluding hydrogens is 451 g/mol. The highest BCUT2D eigenvalue weighted by Crippen LogP contribution is 2.40. The minimum atomic E-state index is -0.843. The topological polar surface area (TPSA) is 82.1 Å². The largest absolute Gasteiger partial charge is 0.505 e. The van der Waals surface area contributed by atoms with Crippen molar-refractivity contribution in [3.8, 4) is 5.75 Å². The van der Waals surface area contributed by atoms with E-state index in [1.807, 2.05) is 19.9 Å². The standard InChI is InChI=1S/C25H28ClFO6/c1-5-22-13(2)23(31-14(3)28)25(32-15(4)29)24(33-22)17-7-8-19(26)18(12-17)10-16-6-9-21(30)20(27)11-16/h6-9,11-13,22-25,30H,5,10H2,1-4H3/t13-,22-,23+,24+,25-/m1/s1. The van der Waals surface area contributed by atoms with E-state index in [0.717, 1.165) is 0 Å². The number of carbonyl (C=O) groups is 2. The average Bonchev–Trinajstić information content (AvgIpc) is 2.74. The molecule has 0 saturated carbocycles. The third-order valence-electron chi connectivity index (χ3n) is 5.86. The maximum atomic E-state index is 13.8. The van der Waals surface area contributed by atoms with Crippen molar-refractivity contribution in [2.75, 3.05) is 0 Å². The van der Waals surface area contributed by atoms with Crippen LogP contribution in [0.25, 0.3) is 0 Å². The number of rotatable bonds is 6. The predicted molar refractivity (Wildman–Crippen MR) is 120 cm³/mol. The molecule has 178 valence electrons. The SMILES string of the molecule is CC[C@H]1O[C@@H](c2ccc(Cl)c(Cc3ccc(O)c(F)c3)c2)[C@H](OC(C)=O)[C@@H](OC(C)=O)[C@@H]1C. The summed E-state index contributed by atoms with van der Waals surface area (Å²) < 4.78 is 31.3. The average molecular weight is 479 g/mol. The molecule has 5 atom stereocenters. The van der Waals surface area contributed by atoms with Gasteiger partial charge in [0.25, 0.3) is 0 Å². The highest BCUT2D eigenvalue weighted by atomic mass is 35.5. The van der Waals surface area contributed by atoms with Crippen molar-refractivity contribution in [3.63, 3.8) is 0 Å². The highest BCUT2D eigenvalue weighted by Gasteiger charge is 2.47. The van der Waals surface area contributed by atoms with Gasteiger partial charge in [-0.05, 0) is 47.7 Å². The van der Waals surface area contributed by atoms with Gasteiger partial charge in [-0.25, -0.2) is 4.39 Å². The third kappa shape index (κ3) is 5.84. The Morgan fingerprint density at radius 3 is 2.36 bits per heavy atom. The van der Waals surface area contributed by atoms with Crippen LogP contribution >= 0.6 is 11.6 Å². The van der Waals surface area contributed by atoms with E-state index in [4.69, 9.17) is 25.8 Å². The summed E-state index contributed by atoms with van der Waals surface area (Å²) in [6, 6.07) is 9.46. The quantitative estimate of drug-likeness (QED) is 0.580. The molecule has 0 aliphatic carbocycles. The Labute approximate surface area is 197 Å². The molecule has 0 bridgehead atoms. The molecule has 2 aromatic rings. The maximum Gasteiger partial charge on any atom is 0.303 e. The van der Waals surface area contributed by atoms with Crippen LogP contribution in [-0.2, 0) is 30.2 Å². The van der Waals surface area contributed by atoms with Crippen molar-refractivity contribution >= 4 is 23.5 Å². The van der Waals surface area contributed by atoms with E-state index in [0.29, 0.717) is 34.6 Å². The van der Waals surface area contributed by atoms with E-state index in [1.54, 1.807) is 18.2 Å². The number of phenolic OH excluding ortho intramolecular Hbond substituents is 1. The lowest BCUT2D eigenvalue weighted by Crippen LogP contribution is -2.52. The summed E-state index contributed by atoms with van der Waals surface area (Å²) in [5.41, 5.74) is 2.03. The first-order valence-corrected chi connectivity index (χ1v) is 11.2. The van der Waals surface area contributed by atoms with E-state index in [1.165, 1.54) is 26.0 Å². The number of hydrogen-bond donors (Lipinski definition) is 1. The first-order valence-electron chi connectivity index (χ1n) is 10.9. The van der Waals surface area contributed by atoms with Crippen molar-refractivity contribution < 1.29 is 33.3 Å². The lowest BCUT2D eigenvalue weighted by atomic mass is 9.84. The van der Waals surface area contributed by atoms with Gasteiger partial charge < -0.3 is 19.3 Å². The highest BCUT2D eigenvalue weighted by molar-refractivity contribution is 6.31. The van der Waals surface area contributed by atoms with E-state index in [2.05, 4.69) is 0 Å². The second kappa shape index (κ2) is 10.5. The third-order valence-corrected chi connectivity index (χ3v) is 6.23. The van der Waals surface area contributed by atoms with Crippen molar-refractivity contribution in [3.05, 3.63) is 63.9 Å². The van der Waals surface area contributed by atoms with Crippen molar-refractivity contribution in [1.29, 1.82) is 0 Å². The van der Waals surface area contributed by atoms with Crippen LogP contribution in [0, 0.1) is 11.7 Å². The van der Waals surface area contributed by atoms with E-state index in [-0.39, 0.29) is 12.0 Å². The van der Waals surface area contributed by atoms with Gasteiger partial charge >= 0.3 is 11.9 Å². The first kappa shape index (κ1) is 25.0. The number of aromatic hydroxyl groups is 1. The number of esters is 2. The summed E-state index contributed by atoms with van der Waals surface area (Å²) in [5.74, 6) is -2.30. The van der Waals surface area contributed by atoms with Crippen molar-refractivity contribution in [2.45, 2.75) is 65.0 Å². The molecular formula is C25H28ClFO6. The van der Waals surface area contributed by atoms with Crippen LogP contribution in [-0.4, -0.2) is 35.4 Å². The lowest BCUT2D eigenvalue weighted by molar-refractivity contribution is -0.225. The summed E-state index contributed by atoms with van der Waals surface area (Å²) >= 11 is 6.41. The van der Waals surface area contributed by atoms with Gasteiger partial charge in [-0.2, -0.15) is 0 Å². The number of ether oxygens (including phenoxy) is 3. The second-order valence-electron chi connectivity index (χ2n) is 8.32. The molecule has 8 heteroatoms. The first-order chi connectivity index (χ1) is 15.6. The summed E-state index contributed by atoms with van der Waals surface area (Å²) in [6.45, 7) is 6.49. The van der Waals surface area contributed by atoms with Gasteiger partial charge in [-0.15, -0.1) is 0 Å². The summed E-state index contributed by atoms with van der Waals surface area (Å²) in [6.07, 6.45) is -1.45. The van der Waals surface area contributed by atoms with Crippen LogP contribution in [0.1, 0.15) is 56.9 Å². The fraction of sp³-hybridized carbons (Fsp3) is 0.440. The van der Waals surface area contributed by atoms with E-state index in [9.17, 15) is 19.1 Å². The fourth-order valence-electron chi connectivity index (χ4n) is 4.28. The van der Waals surface area contributed by atoms with Gasteiger partial charge in [0.15, 0.2) is 17.7 Å². The van der Waals surface area contributed by atoms with Gasteiger partial charge in [-0.3, -0.25) is 9.59 Å². The van der Waals surface area contributed by atoms with Crippen LogP contribution < -0.4 is 0 Å². The monoisotopic (exact) mass is 478 g/mol. The predicted octanol–water partition coefficient (Wildman–Crippen LogP) is 5.12. The zero-order chi connectivity index (χ0) is 24.3. The maximum absolute atomic E-state index is 13.8. The van der Waals surface area contributed by atoms with Crippen LogP contribution in [0.4, 0.5) is 4.39 Å². The Balaban J connectivity index is 1.99. The zero-order valence-electron chi connectivity index (χ0n) is 19.0. The van der Waals surface area contributed by atoms with E-state index < -0.39 is 41.8 Å². The molecule has 6 nitrogen and oxygen atoms in total. The zero-order valence-corrected chi connectivity index (χ0v) is 19.8. The summed E-state index contributed by atoms with van der Waals surface area (Å²) in [5, 5.41) is 9.92. The number of carbonyl (C=O) groups excluding carboxylic acids is 2. The smallest absolute Gasteiger partial charge is 0.303 e. The van der Waals surface area contributed by atoms with Gasteiger partial charge in [0, 0.05) is 24.8 Å². The Morgan fingerprint density at radius 1 is 1.09 bits per heavy atom. The van der Waals surface area contributed by atoms with Crippen LogP contribution in [0.5, 0.6) is 5.75 Å². The molecule has 2 aromatic carbocycles. The summed E-state index contributed by atoms with van der Waals surface area (Å²) in [4.78, 5) is 23.7. The van der Waals surface area contributed by atoms with Crippen LogP contribution in [0.3, 0.4) is 0 Å². The lowest BCUT2D eigenvalue weighted by Gasteiger charge is -2.44. The number of hydrogen-bond acceptors (Lipinski definition) is 6. The Bertz CT molecular complexity index is 1030. The number of benzene rings is 2. The minimum Gasteiger partial charge on any atom is -0.505 e. The summed E-state index contributed by atoms with van der Waals surface area (Å²) in [7, 11) is 0. The molecule has 0 unspecified atom stereocenters. The van der Waals surface area contributed by atoms with Crippen molar-refractivity contribution in [2.24, 2.45) is 5.92 Å². The minimum absolute atomic E-state index is 0.189. The molecule has 0 radical (unpaired) electrons.